The third-order valence-electron chi connectivity index (χ3n) is 6.42. The second-order valence-corrected chi connectivity index (χ2v) is 11.6. The zero-order valence-electron chi connectivity index (χ0n) is 22.6. The van der Waals surface area contributed by atoms with Gasteiger partial charge in [0.15, 0.2) is 0 Å². The van der Waals surface area contributed by atoms with Crippen LogP contribution in [-0.2, 0) is 30.8 Å². The fourth-order valence-electron chi connectivity index (χ4n) is 4.33. The molecule has 0 saturated carbocycles. The molecule has 0 fully saturated rings. The molecule has 214 valence electrons. The molecule has 0 saturated heterocycles. The molecule has 1 heterocycles. The lowest BCUT2D eigenvalue weighted by Crippen LogP contribution is -2.39. The van der Waals surface area contributed by atoms with Crippen LogP contribution in [0.3, 0.4) is 0 Å². The Morgan fingerprint density at radius 1 is 1.02 bits per heavy atom. The Balaban J connectivity index is 1.76. The van der Waals surface area contributed by atoms with Crippen molar-refractivity contribution in [3.63, 3.8) is 0 Å². The Labute approximate surface area is 237 Å². The van der Waals surface area contributed by atoms with E-state index in [1.54, 1.807) is 36.4 Å². The minimum Gasteiger partial charge on any atom is -0.481 e. The van der Waals surface area contributed by atoms with E-state index in [2.05, 4.69) is 10.6 Å². The van der Waals surface area contributed by atoms with E-state index in [1.165, 1.54) is 49.3 Å². The van der Waals surface area contributed by atoms with Crippen LogP contribution in [0.2, 0.25) is 0 Å². The van der Waals surface area contributed by atoms with Gasteiger partial charge in [-0.3, -0.25) is 18.7 Å². The predicted octanol–water partition coefficient (Wildman–Crippen LogP) is 3.63. The molecule has 10 nitrogen and oxygen atoms in total. The quantitative estimate of drug-likeness (QED) is 0.312. The van der Waals surface area contributed by atoms with Gasteiger partial charge in [0.2, 0.25) is 15.9 Å². The lowest BCUT2D eigenvalue weighted by atomic mass is 9.97. The third-order valence-corrected chi connectivity index (χ3v) is 7.56. The predicted molar refractivity (Wildman–Crippen MR) is 155 cm³/mol. The summed E-state index contributed by atoms with van der Waals surface area (Å²) in [6.45, 7) is -0.370. The van der Waals surface area contributed by atoms with Crippen molar-refractivity contribution in [1.29, 1.82) is 0 Å². The van der Waals surface area contributed by atoms with Gasteiger partial charge >= 0.3 is 5.97 Å². The van der Waals surface area contributed by atoms with Gasteiger partial charge in [-0.15, -0.1) is 0 Å². The zero-order chi connectivity index (χ0) is 29.9. The number of carboxylic acid groups (broad SMARTS) is 1. The van der Waals surface area contributed by atoms with Crippen molar-refractivity contribution in [3.05, 3.63) is 89.2 Å². The second-order valence-electron chi connectivity index (χ2n) is 9.72. The standard InChI is InChI=1S/C29H29FN4O6S/c1-33(2)25(35)17-34(41(3,39)40)22-11-9-21(10-12-22)31-28(19-6-4-5-18(15-19)7-14-26(36)37)27-23-13-8-20(30)16-24(23)32-29(27)38/h4-6,8-13,15-16,31H,7,14,17H2,1-3H3,(H,32,38)(H,36,37). The molecule has 12 heteroatoms. The molecule has 0 aliphatic carbocycles. The number of likely N-dealkylation sites (N-methyl/N-ethyl adjacent to an activating group) is 1. The van der Waals surface area contributed by atoms with E-state index < -0.39 is 33.6 Å². The van der Waals surface area contributed by atoms with Crippen molar-refractivity contribution >= 4 is 56.1 Å². The molecule has 0 bridgehead atoms. The van der Waals surface area contributed by atoms with Crippen molar-refractivity contribution in [1.82, 2.24) is 4.90 Å². The van der Waals surface area contributed by atoms with Gasteiger partial charge in [0, 0.05) is 31.8 Å². The first-order valence-corrected chi connectivity index (χ1v) is 14.4. The molecule has 2 amide bonds. The average Bonchev–Trinajstić information content (AvgIpc) is 3.23. The summed E-state index contributed by atoms with van der Waals surface area (Å²) in [4.78, 5) is 37.8. The molecule has 3 N–H and O–H groups in total. The molecule has 4 rings (SSSR count). The number of nitrogens with one attached hydrogen (secondary N) is 2. The number of halogens is 1. The fourth-order valence-corrected chi connectivity index (χ4v) is 5.18. The molecule has 1 aliphatic heterocycles. The smallest absolute Gasteiger partial charge is 0.303 e. The van der Waals surface area contributed by atoms with E-state index in [9.17, 15) is 27.2 Å². The zero-order valence-corrected chi connectivity index (χ0v) is 23.5. The monoisotopic (exact) mass is 580 g/mol. The molecule has 3 aromatic rings. The first-order chi connectivity index (χ1) is 19.3. The largest absolute Gasteiger partial charge is 0.481 e. The summed E-state index contributed by atoms with van der Waals surface area (Å²) >= 11 is 0. The van der Waals surface area contributed by atoms with Crippen LogP contribution in [0.15, 0.2) is 66.7 Å². The number of sulfonamides is 1. The summed E-state index contributed by atoms with van der Waals surface area (Å²) in [6.07, 6.45) is 1.22. The van der Waals surface area contributed by atoms with Crippen molar-refractivity contribution in [2.45, 2.75) is 12.8 Å². The summed E-state index contributed by atoms with van der Waals surface area (Å²) in [7, 11) is -0.699. The van der Waals surface area contributed by atoms with Crippen LogP contribution in [0.1, 0.15) is 23.1 Å². The van der Waals surface area contributed by atoms with E-state index >= 15 is 0 Å². The Bertz CT molecular complexity index is 1650. The highest BCUT2D eigenvalue weighted by molar-refractivity contribution is 7.92. The van der Waals surface area contributed by atoms with E-state index in [0.29, 0.717) is 28.2 Å². The van der Waals surface area contributed by atoms with Crippen LogP contribution >= 0.6 is 0 Å². The lowest BCUT2D eigenvalue weighted by Gasteiger charge is -2.24. The first-order valence-electron chi connectivity index (χ1n) is 12.5. The van der Waals surface area contributed by atoms with E-state index in [-0.39, 0.29) is 30.6 Å². The number of aryl methyl sites for hydroxylation is 1. The van der Waals surface area contributed by atoms with Crippen molar-refractivity contribution < 1.29 is 32.3 Å². The minimum atomic E-state index is -3.77. The van der Waals surface area contributed by atoms with Crippen molar-refractivity contribution in [2.24, 2.45) is 0 Å². The van der Waals surface area contributed by atoms with Crippen LogP contribution in [0.4, 0.5) is 21.5 Å². The number of amides is 2. The van der Waals surface area contributed by atoms with Crippen LogP contribution in [0, 0.1) is 5.82 Å². The highest BCUT2D eigenvalue weighted by Crippen LogP contribution is 2.38. The van der Waals surface area contributed by atoms with Gasteiger partial charge in [0.1, 0.15) is 12.4 Å². The minimum absolute atomic E-state index is 0.0694. The number of carbonyl (C=O) groups excluding carboxylic acids is 2. The number of nitrogens with zero attached hydrogens (tertiary/aromatic N) is 2. The number of carboxylic acids is 1. The number of hydrogen-bond acceptors (Lipinski definition) is 6. The molecular weight excluding hydrogens is 551 g/mol. The van der Waals surface area contributed by atoms with Crippen molar-refractivity contribution in [2.75, 3.05) is 41.8 Å². The molecule has 0 atom stereocenters. The van der Waals surface area contributed by atoms with E-state index in [4.69, 9.17) is 5.11 Å². The van der Waals surface area contributed by atoms with Crippen LogP contribution in [0.5, 0.6) is 0 Å². The molecule has 0 aromatic heterocycles. The maximum absolute atomic E-state index is 13.9. The summed E-state index contributed by atoms with van der Waals surface area (Å²) < 4.78 is 39.8. The number of aliphatic carboxylic acids is 1. The molecule has 41 heavy (non-hydrogen) atoms. The normalized spacial score (nSPS) is 13.7. The maximum atomic E-state index is 13.9. The molecule has 3 aromatic carbocycles. The topological polar surface area (TPSA) is 136 Å². The molecular formula is C29H29FN4O6S. The summed E-state index contributed by atoms with van der Waals surface area (Å²) in [5, 5.41) is 15.0. The average molecular weight is 581 g/mol. The van der Waals surface area contributed by atoms with Crippen LogP contribution < -0.4 is 14.9 Å². The number of carbonyl (C=O) groups is 3. The SMILES string of the molecule is CN(C)C(=O)CN(c1ccc(NC(=C2C(=O)Nc3cc(F)ccc32)c2cccc(CCC(=O)O)c2)cc1)S(C)(=O)=O. The highest BCUT2D eigenvalue weighted by atomic mass is 32.2. The number of benzene rings is 3. The number of rotatable bonds is 10. The molecule has 0 unspecified atom stereocenters. The summed E-state index contributed by atoms with van der Waals surface area (Å²) in [6, 6.07) is 17.4. The first kappa shape index (κ1) is 29.3. The second kappa shape index (κ2) is 11.8. The highest BCUT2D eigenvalue weighted by Gasteiger charge is 2.29. The van der Waals surface area contributed by atoms with Crippen LogP contribution in [0.25, 0.3) is 11.3 Å². The van der Waals surface area contributed by atoms with E-state index in [1.807, 2.05) is 0 Å². The van der Waals surface area contributed by atoms with Gasteiger partial charge < -0.3 is 20.6 Å². The van der Waals surface area contributed by atoms with Gasteiger partial charge in [-0.05, 0) is 66.1 Å². The van der Waals surface area contributed by atoms with Gasteiger partial charge in [-0.2, -0.15) is 0 Å². The lowest BCUT2D eigenvalue weighted by molar-refractivity contribution is -0.137. The van der Waals surface area contributed by atoms with Crippen molar-refractivity contribution in [3.8, 4) is 0 Å². The van der Waals surface area contributed by atoms with Gasteiger partial charge in [0.05, 0.1) is 28.9 Å². The summed E-state index contributed by atoms with van der Waals surface area (Å²) in [5.74, 6) is -2.29. The van der Waals surface area contributed by atoms with Gasteiger partial charge in [0.25, 0.3) is 5.91 Å². The Morgan fingerprint density at radius 2 is 1.73 bits per heavy atom. The maximum Gasteiger partial charge on any atom is 0.303 e. The number of anilines is 3. The Morgan fingerprint density at radius 3 is 2.37 bits per heavy atom. The van der Waals surface area contributed by atoms with E-state index in [0.717, 1.165) is 16.1 Å². The van der Waals surface area contributed by atoms with Gasteiger partial charge in [-0.1, -0.05) is 18.2 Å². The number of fused-ring (bicyclic) bond motifs is 1. The van der Waals surface area contributed by atoms with Crippen LogP contribution in [-0.4, -0.2) is 63.1 Å². The van der Waals surface area contributed by atoms with Gasteiger partial charge in [-0.25, -0.2) is 12.8 Å². The summed E-state index contributed by atoms with van der Waals surface area (Å²) in [5.41, 5.74) is 3.56. The fraction of sp³-hybridized carbons (Fsp3) is 0.207. The molecule has 0 spiro atoms. The Hall–Kier alpha value is -4.71. The molecule has 0 radical (unpaired) electrons. The third kappa shape index (κ3) is 6.90. The number of hydrogen-bond donors (Lipinski definition) is 3. The molecule has 1 aliphatic rings. The Kier molecular flexibility index (Phi) is 8.43.